The molecule has 6 nitrogen and oxygen atoms in total. The van der Waals surface area contributed by atoms with Crippen molar-refractivity contribution >= 4 is 5.91 Å². The third kappa shape index (κ3) is 4.85. The highest BCUT2D eigenvalue weighted by atomic mass is 16.5. The number of rotatable bonds is 7. The van der Waals surface area contributed by atoms with Crippen molar-refractivity contribution in [1.29, 1.82) is 0 Å². The van der Waals surface area contributed by atoms with Gasteiger partial charge in [0.2, 0.25) is 5.91 Å². The first-order valence-electron chi connectivity index (χ1n) is 13.4. The molecule has 200 valence electrons. The molecule has 0 radical (unpaired) electrons. The average molecular weight is 515 g/mol. The van der Waals surface area contributed by atoms with E-state index < -0.39 is 0 Å². The predicted molar refractivity (Wildman–Crippen MR) is 149 cm³/mol. The van der Waals surface area contributed by atoms with Crippen LogP contribution in [0.4, 0.5) is 0 Å². The van der Waals surface area contributed by atoms with Crippen LogP contribution in [0.25, 0.3) is 0 Å². The monoisotopic (exact) mass is 514 g/mol. The topological polar surface area (TPSA) is 51.2 Å². The number of nitrogens with zero attached hydrogens (tertiary/aromatic N) is 2. The molecule has 0 saturated heterocycles. The first kappa shape index (κ1) is 26.1. The molecule has 2 atom stereocenters. The molecule has 0 saturated carbocycles. The molecular formula is C32H38N2O4. The predicted octanol–water partition coefficient (Wildman–Crippen LogP) is 5.42. The van der Waals surface area contributed by atoms with Crippen LogP contribution in [-0.2, 0) is 30.7 Å². The van der Waals surface area contributed by atoms with Gasteiger partial charge in [-0.3, -0.25) is 9.69 Å². The van der Waals surface area contributed by atoms with Crippen molar-refractivity contribution in [2.75, 3.05) is 27.9 Å². The van der Waals surface area contributed by atoms with Gasteiger partial charge in [0.05, 0.1) is 33.4 Å². The van der Waals surface area contributed by atoms with Crippen molar-refractivity contribution in [2.24, 2.45) is 5.92 Å². The van der Waals surface area contributed by atoms with Gasteiger partial charge in [-0.1, -0.05) is 56.3 Å². The van der Waals surface area contributed by atoms with Crippen LogP contribution in [0.15, 0.2) is 60.7 Å². The van der Waals surface area contributed by atoms with E-state index in [2.05, 4.69) is 66.1 Å². The summed E-state index contributed by atoms with van der Waals surface area (Å²) in [5, 5.41) is 0. The van der Waals surface area contributed by atoms with Gasteiger partial charge in [-0.2, -0.15) is 0 Å². The summed E-state index contributed by atoms with van der Waals surface area (Å²) < 4.78 is 16.9. The Bertz CT molecular complexity index is 1300. The molecule has 3 aromatic rings. The molecule has 0 aromatic heterocycles. The van der Waals surface area contributed by atoms with Crippen molar-refractivity contribution in [2.45, 2.75) is 51.9 Å². The summed E-state index contributed by atoms with van der Waals surface area (Å²) >= 11 is 0. The van der Waals surface area contributed by atoms with Crippen molar-refractivity contribution in [3.63, 3.8) is 0 Å². The van der Waals surface area contributed by atoms with Gasteiger partial charge in [0.1, 0.15) is 5.75 Å². The number of ether oxygens (including phenoxy) is 3. The minimum atomic E-state index is -0.252. The smallest absolute Gasteiger partial charge is 0.240 e. The van der Waals surface area contributed by atoms with E-state index in [9.17, 15) is 4.79 Å². The van der Waals surface area contributed by atoms with Crippen LogP contribution < -0.4 is 14.2 Å². The Balaban J connectivity index is 1.51. The molecule has 0 fully saturated rings. The molecular weight excluding hydrogens is 476 g/mol. The number of carbonyl (C=O) groups is 1. The largest absolute Gasteiger partial charge is 0.496 e. The Kier molecular flexibility index (Phi) is 7.61. The summed E-state index contributed by atoms with van der Waals surface area (Å²) in [4.78, 5) is 19.0. The van der Waals surface area contributed by atoms with Crippen molar-refractivity contribution in [1.82, 2.24) is 9.80 Å². The Hall–Kier alpha value is -3.51. The van der Waals surface area contributed by atoms with Crippen LogP contribution in [0.1, 0.15) is 47.7 Å². The van der Waals surface area contributed by atoms with Gasteiger partial charge in [0, 0.05) is 25.2 Å². The highest BCUT2D eigenvalue weighted by Crippen LogP contribution is 2.42. The Morgan fingerprint density at radius 3 is 2.24 bits per heavy atom. The summed E-state index contributed by atoms with van der Waals surface area (Å²) in [6.45, 7) is 6.45. The van der Waals surface area contributed by atoms with E-state index in [-0.39, 0.29) is 23.9 Å². The molecule has 6 heteroatoms. The molecule has 1 unspecified atom stereocenters. The fourth-order valence-corrected chi connectivity index (χ4v) is 6.17. The molecule has 3 aromatic carbocycles. The number of carbonyl (C=O) groups excluding carboxylic acids is 1. The highest BCUT2D eigenvalue weighted by molar-refractivity contribution is 5.83. The number of fused-ring (bicyclic) bond motifs is 2. The molecule has 38 heavy (non-hydrogen) atoms. The van der Waals surface area contributed by atoms with Gasteiger partial charge in [-0.25, -0.2) is 0 Å². The van der Waals surface area contributed by atoms with E-state index in [1.807, 2.05) is 18.2 Å². The second kappa shape index (κ2) is 11.1. The number of methoxy groups -OCH3 is 3. The van der Waals surface area contributed by atoms with Gasteiger partial charge in [-0.15, -0.1) is 0 Å². The maximum atomic E-state index is 14.5. The van der Waals surface area contributed by atoms with Gasteiger partial charge < -0.3 is 19.1 Å². The minimum Gasteiger partial charge on any atom is -0.496 e. The van der Waals surface area contributed by atoms with Crippen LogP contribution in [-0.4, -0.2) is 49.6 Å². The van der Waals surface area contributed by atoms with Crippen LogP contribution in [0.3, 0.4) is 0 Å². The van der Waals surface area contributed by atoms with Crippen LogP contribution in [0, 0.1) is 5.92 Å². The summed E-state index contributed by atoms with van der Waals surface area (Å²) in [5.41, 5.74) is 6.02. The standard InChI is InChI=1S/C32H38N2O4/c1-21(2)31-26-18-30(38-5)29(37-4)17-23(26)14-15-34(31)32(35)27-16-22-10-6-7-11-24(22)19-33(27)20-25-12-8-9-13-28(25)36-3/h6-13,17-18,21,27,31H,14-16,19-20H2,1-5H3/t27-,31?/m0/s1. The van der Waals surface area contributed by atoms with Gasteiger partial charge in [0.15, 0.2) is 11.5 Å². The Labute approximate surface area is 226 Å². The second-order valence-electron chi connectivity index (χ2n) is 10.6. The zero-order valence-corrected chi connectivity index (χ0v) is 23.1. The fraction of sp³-hybridized carbons (Fsp3) is 0.406. The van der Waals surface area contributed by atoms with Crippen LogP contribution in [0.2, 0.25) is 0 Å². The number of para-hydroxylation sites is 1. The van der Waals surface area contributed by atoms with Gasteiger partial charge in [0.25, 0.3) is 0 Å². The van der Waals surface area contributed by atoms with E-state index in [0.29, 0.717) is 25.3 Å². The molecule has 0 spiro atoms. The lowest BCUT2D eigenvalue weighted by Crippen LogP contribution is -2.54. The number of benzene rings is 3. The quantitative estimate of drug-likeness (QED) is 0.421. The van der Waals surface area contributed by atoms with E-state index in [4.69, 9.17) is 14.2 Å². The molecule has 2 aliphatic heterocycles. The summed E-state index contributed by atoms with van der Waals surface area (Å²) in [5.74, 6) is 2.73. The molecule has 0 N–H and O–H groups in total. The summed E-state index contributed by atoms with van der Waals surface area (Å²) in [6, 6.07) is 20.5. The highest BCUT2D eigenvalue weighted by Gasteiger charge is 2.40. The SMILES string of the molecule is COc1ccccc1CN1Cc2ccccc2C[C@H]1C(=O)N1CCc2cc(OC)c(OC)cc2C1C(C)C. The third-order valence-corrected chi connectivity index (χ3v) is 8.03. The second-order valence-corrected chi connectivity index (χ2v) is 10.6. The summed E-state index contributed by atoms with van der Waals surface area (Å²) in [6.07, 6.45) is 1.49. The van der Waals surface area contributed by atoms with Crippen molar-refractivity contribution in [3.8, 4) is 17.2 Å². The van der Waals surface area contributed by atoms with E-state index in [1.165, 1.54) is 16.7 Å². The zero-order valence-electron chi connectivity index (χ0n) is 23.1. The number of hydrogen-bond donors (Lipinski definition) is 0. The average Bonchev–Trinajstić information content (AvgIpc) is 2.95. The van der Waals surface area contributed by atoms with Crippen LogP contribution in [0.5, 0.6) is 17.2 Å². The lowest BCUT2D eigenvalue weighted by Gasteiger charge is -2.44. The number of hydrogen-bond acceptors (Lipinski definition) is 5. The normalized spacial score (nSPS) is 19.1. The van der Waals surface area contributed by atoms with Gasteiger partial charge >= 0.3 is 0 Å². The zero-order chi connectivity index (χ0) is 26.8. The van der Waals surface area contributed by atoms with E-state index in [1.54, 1.807) is 21.3 Å². The molecule has 5 rings (SSSR count). The molecule has 0 aliphatic carbocycles. The van der Waals surface area contributed by atoms with Crippen LogP contribution >= 0.6 is 0 Å². The van der Waals surface area contributed by atoms with Crippen molar-refractivity contribution < 1.29 is 19.0 Å². The first-order chi connectivity index (χ1) is 18.4. The molecule has 0 bridgehead atoms. The molecule has 2 heterocycles. The first-order valence-corrected chi connectivity index (χ1v) is 13.4. The maximum absolute atomic E-state index is 14.5. The maximum Gasteiger partial charge on any atom is 0.240 e. The van der Waals surface area contributed by atoms with E-state index >= 15 is 0 Å². The number of amides is 1. The third-order valence-electron chi connectivity index (χ3n) is 8.03. The van der Waals surface area contributed by atoms with E-state index in [0.717, 1.165) is 35.6 Å². The minimum absolute atomic E-state index is 0.0312. The summed E-state index contributed by atoms with van der Waals surface area (Å²) in [7, 11) is 5.03. The lowest BCUT2D eigenvalue weighted by molar-refractivity contribution is -0.142. The van der Waals surface area contributed by atoms with Gasteiger partial charge in [-0.05, 0) is 59.2 Å². The Morgan fingerprint density at radius 1 is 0.868 bits per heavy atom. The fourth-order valence-electron chi connectivity index (χ4n) is 6.17. The molecule has 2 aliphatic rings. The lowest BCUT2D eigenvalue weighted by atomic mass is 9.84. The molecule has 1 amide bonds. The van der Waals surface area contributed by atoms with Crippen molar-refractivity contribution in [3.05, 3.63) is 88.5 Å². The Morgan fingerprint density at radius 2 is 1.53 bits per heavy atom.